The highest BCUT2D eigenvalue weighted by atomic mass is 16.5. The van der Waals surface area contributed by atoms with Crippen LogP contribution in [0.2, 0.25) is 0 Å². The third kappa shape index (κ3) is 5.58. The Hall–Kier alpha value is -3.32. The van der Waals surface area contributed by atoms with E-state index in [1.807, 2.05) is 0 Å². The molecule has 0 aliphatic rings. The minimum Gasteiger partial charge on any atom is -0.502 e. The maximum atomic E-state index is 10.2. The smallest absolute Gasteiger partial charge is 0.200 e. The molecule has 0 saturated heterocycles. The van der Waals surface area contributed by atoms with E-state index < -0.39 is 6.10 Å². The number of phenolic OH excluding ortho intramolecular Hbond substituents is 2. The highest BCUT2D eigenvalue weighted by molar-refractivity contribution is 5.63. The lowest BCUT2D eigenvalue weighted by molar-refractivity contribution is 0.228. The van der Waals surface area contributed by atoms with Crippen LogP contribution in [0, 0.1) is 0 Å². The van der Waals surface area contributed by atoms with Crippen molar-refractivity contribution in [3.63, 3.8) is 0 Å². The van der Waals surface area contributed by atoms with Crippen LogP contribution >= 0.6 is 0 Å². The van der Waals surface area contributed by atoms with E-state index in [0.29, 0.717) is 23.5 Å². The fraction of sp³-hybridized carbons (Fsp3) is 0.273. The standard InChI is InChI=1S/C22H26O7/c1-26-17-10-14(11-18(27-2)21(17)24)6-5-7-16(23)9-8-15-12-19(28-3)22(25)20(13-15)29-4/h5-6,8-13,16,23-25H,7H2,1-4H3/b6-5+,9-8?. The molecule has 0 radical (unpaired) electrons. The van der Waals surface area contributed by atoms with E-state index in [0.717, 1.165) is 5.56 Å². The number of ether oxygens (including phenoxy) is 4. The first-order valence-corrected chi connectivity index (χ1v) is 8.86. The molecule has 29 heavy (non-hydrogen) atoms. The molecular weight excluding hydrogens is 376 g/mol. The molecule has 0 aromatic heterocycles. The van der Waals surface area contributed by atoms with E-state index in [1.54, 1.807) is 48.6 Å². The molecule has 0 spiro atoms. The Morgan fingerprint density at radius 3 is 1.48 bits per heavy atom. The van der Waals surface area contributed by atoms with Crippen molar-refractivity contribution in [3.05, 3.63) is 47.5 Å². The normalized spacial score (nSPS) is 12.3. The van der Waals surface area contributed by atoms with E-state index >= 15 is 0 Å². The lowest BCUT2D eigenvalue weighted by Gasteiger charge is -2.10. The van der Waals surface area contributed by atoms with Crippen LogP contribution < -0.4 is 18.9 Å². The van der Waals surface area contributed by atoms with Gasteiger partial charge in [-0.25, -0.2) is 0 Å². The summed E-state index contributed by atoms with van der Waals surface area (Å²) in [4.78, 5) is 0. The summed E-state index contributed by atoms with van der Waals surface area (Å²) < 4.78 is 20.5. The lowest BCUT2D eigenvalue weighted by atomic mass is 10.1. The molecule has 0 aliphatic carbocycles. The molecule has 0 heterocycles. The first kappa shape index (κ1) is 22.0. The summed E-state index contributed by atoms with van der Waals surface area (Å²) in [5.41, 5.74) is 1.48. The minimum absolute atomic E-state index is 0.0603. The summed E-state index contributed by atoms with van der Waals surface area (Å²) in [6, 6.07) is 6.63. The van der Waals surface area contributed by atoms with Gasteiger partial charge in [0, 0.05) is 0 Å². The predicted molar refractivity (Wildman–Crippen MR) is 111 cm³/mol. The maximum Gasteiger partial charge on any atom is 0.200 e. The second-order valence-electron chi connectivity index (χ2n) is 6.11. The summed E-state index contributed by atoms with van der Waals surface area (Å²) in [6.07, 6.45) is 6.60. The van der Waals surface area contributed by atoms with E-state index in [4.69, 9.17) is 18.9 Å². The molecule has 7 heteroatoms. The number of benzene rings is 2. The molecule has 2 aromatic rings. The van der Waals surface area contributed by atoms with E-state index in [1.165, 1.54) is 28.4 Å². The van der Waals surface area contributed by atoms with Gasteiger partial charge in [0.25, 0.3) is 0 Å². The van der Waals surface area contributed by atoms with Gasteiger partial charge in [-0.15, -0.1) is 0 Å². The van der Waals surface area contributed by atoms with E-state index in [2.05, 4.69) is 0 Å². The SMILES string of the molecule is COc1cc(C=CC(O)C/C=C/c2cc(OC)c(O)c(OC)c2)cc(OC)c1O. The van der Waals surface area contributed by atoms with Crippen LogP contribution in [0.5, 0.6) is 34.5 Å². The predicted octanol–water partition coefficient (Wildman–Crippen LogP) is 3.61. The largest absolute Gasteiger partial charge is 0.502 e. The minimum atomic E-state index is -0.724. The summed E-state index contributed by atoms with van der Waals surface area (Å²) in [6.45, 7) is 0. The number of hydrogen-bond donors (Lipinski definition) is 3. The molecular formula is C22H26O7. The van der Waals surface area contributed by atoms with Crippen LogP contribution in [0.3, 0.4) is 0 Å². The summed E-state index contributed by atoms with van der Waals surface area (Å²) >= 11 is 0. The van der Waals surface area contributed by atoms with E-state index in [-0.39, 0.29) is 23.0 Å². The van der Waals surface area contributed by atoms with Gasteiger partial charge in [0.05, 0.1) is 34.5 Å². The Morgan fingerprint density at radius 1 is 0.724 bits per heavy atom. The first-order chi connectivity index (χ1) is 13.9. The van der Waals surface area contributed by atoms with Gasteiger partial charge in [-0.1, -0.05) is 24.3 Å². The fourth-order valence-corrected chi connectivity index (χ4v) is 2.66. The summed E-state index contributed by atoms with van der Waals surface area (Å²) in [5, 5.41) is 30.1. The molecule has 0 bridgehead atoms. The zero-order valence-corrected chi connectivity index (χ0v) is 16.9. The second-order valence-corrected chi connectivity index (χ2v) is 6.11. The van der Waals surface area contributed by atoms with Crippen molar-refractivity contribution < 1.29 is 34.3 Å². The second kappa shape index (κ2) is 10.3. The topological polar surface area (TPSA) is 97.6 Å². The molecule has 1 unspecified atom stereocenters. The van der Waals surface area contributed by atoms with Crippen LogP contribution in [0.1, 0.15) is 17.5 Å². The third-order valence-electron chi connectivity index (χ3n) is 4.20. The highest BCUT2D eigenvalue weighted by Gasteiger charge is 2.11. The van der Waals surface area contributed by atoms with Crippen LogP contribution in [0.15, 0.2) is 36.4 Å². The van der Waals surface area contributed by atoms with Gasteiger partial charge in [-0.05, 0) is 41.8 Å². The van der Waals surface area contributed by atoms with Crippen LogP contribution in [0.25, 0.3) is 12.2 Å². The molecule has 2 rings (SSSR count). The molecule has 1 atom stereocenters. The van der Waals surface area contributed by atoms with Crippen molar-refractivity contribution in [2.75, 3.05) is 28.4 Å². The number of rotatable bonds is 9. The Labute approximate surface area is 170 Å². The Morgan fingerprint density at radius 2 is 1.10 bits per heavy atom. The number of hydrogen-bond acceptors (Lipinski definition) is 7. The summed E-state index contributed by atoms with van der Waals surface area (Å²) in [7, 11) is 5.83. The van der Waals surface area contributed by atoms with E-state index in [9.17, 15) is 15.3 Å². The monoisotopic (exact) mass is 402 g/mol. The Kier molecular flexibility index (Phi) is 7.79. The zero-order valence-electron chi connectivity index (χ0n) is 16.9. The summed E-state index contributed by atoms with van der Waals surface area (Å²) in [5.74, 6) is 1.05. The van der Waals surface area contributed by atoms with Gasteiger partial charge in [0.15, 0.2) is 23.0 Å². The van der Waals surface area contributed by atoms with Gasteiger partial charge in [0.1, 0.15) is 0 Å². The molecule has 0 saturated carbocycles. The number of methoxy groups -OCH3 is 4. The Bertz CT molecular complexity index is 837. The highest BCUT2D eigenvalue weighted by Crippen LogP contribution is 2.38. The van der Waals surface area contributed by atoms with Crippen LogP contribution in [-0.2, 0) is 0 Å². The van der Waals surface area contributed by atoms with Crippen LogP contribution in [0.4, 0.5) is 0 Å². The Balaban J connectivity index is 2.07. The van der Waals surface area contributed by atoms with Gasteiger partial charge in [-0.2, -0.15) is 0 Å². The van der Waals surface area contributed by atoms with Crippen molar-refractivity contribution >= 4 is 12.2 Å². The molecule has 0 amide bonds. The van der Waals surface area contributed by atoms with Gasteiger partial charge >= 0.3 is 0 Å². The number of aliphatic hydroxyl groups is 1. The molecule has 2 aromatic carbocycles. The van der Waals surface area contributed by atoms with Crippen molar-refractivity contribution in [2.24, 2.45) is 0 Å². The zero-order chi connectivity index (χ0) is 21.4. The molecule has 0 aliphatic heterocycles. The molecule has 7 nitrogen and oxygen atoms in total. The number of aromatic hydroxyl groups is 2. The van der Waals surface area contributed by atoms with Gasteiger partial charge in [-0.3, -0.25) is 0 Å². The first-order valence-electron chi connectivity index (χ1n) is 8.86. The molecule has 156 valence electrons. The van der Waals surface area contributed by atoms with Gasteiger partial charge in [0.2, 0.25) is 11.5 Å². The van der Waals surface area contributed by atoms with Crippen molar-refractivity contribution in [2.45, 2.75) is 12.5 Å². The quantitative estimate of drug-likeness (QED) is 0.589. The van der Waals surface area contributed by atoms with Crippen molar-refractivity contribution in [3.8, 4) is 34.5 Å². The van der Waals surface area contributed by atoms with Crippen molar-refractivity contribution in [1.29, 1.82) is 0 Å². The average Bonchev–Trinajstić information content (AvgIpc) is 2.73. The fourth-order valence-electron chi connectivity index (χ4n) is 2.66. The van der Waals surface area contributed by atoms with Crippen LogP contribution in [-0.4, -0.2) is 49.9 Å². The average molecular weight is 402 g/mol. The number of phenols is 2. The van der Waals surface area contributed by atoms with Crippen molar-refractivity contribution in [1.82, 2.24) is 0 Å². The molecule has 3 N–H and O–H groups in total. The maximum absolute atomic E-state index is 10.2. The number of aliphatic hydroxyl groups excluding tert-OH is 1. The third-order valence-corrected chi connectivity index (χ3v) is 4.20. The lowest BCUT2D eigenvalue weighted by Crippen LogP contribution is -1.99. The molecule has 0 fully saturated rings. The van der Waals surface area contributed by atoms with Gasteiger partial charge < -0.3 is 34.3 Å².